The van der Waals surface area contributed by atoms with Crippen LogP contribution in [0.3, 0.4) is 0 Å². The number of amides is 2. The third kappa shape index (κ3) is 6.16. The predicted molar refractivity (Wildman–Crippen MR) is 102 cm³/mol. The number of rotatable bonds is 6. The largest absolute Gasteiger partial charge is 0.451 e. The first-order valence-electron chi connectivity index (χ1n) is 7.65. The highest BCUT2D eigenvalue weighted by Crippen LogP contribution is 2.15. The van der Waals surface area contributed by atoms with Crippen LogP contribution in [0.1, 0.15) is 17.3 Å². The molecule has 0 aliphatic carbocycles. The van der Waals surface area contributed by atoms with E-state index in [2.05, 4.69) is 26.6 Å². The Bertz CT molecular complexity index is 811. The quantitative estimate of drug-likeness (QED) is 0.676. The van der Waals surface area contributed by atoms with Crippen LogP contribution in [0.2, 0.25) is 5.02 Å². The average Bonchev–Trinajstić information content (AvgIpc) is 2.60. The number of carbonyl (C=O) groups excluding carboxylic acids is 3. The second-order valence-corrected chi connectivity index (χ2v) is 6.67. The van der Waals surface area contributed by atoms with Gasteiger partial charge in [0.1, 0.15) is 6.54 Å². The molecule has 0 aliphatic heterocycles. The molecule has 0 aliphatic rings. The minimum Gasteiger partial charge on any atom is -0.451 e. The molecule has 1 unspecified atom stereocenters. The molecule has 0 radical (unpaired) electrons. The van der Waals surface area contributed by atoms with E-state index in [0.29, 0.717) is 16.3 Å². The molecule has 2 rings (SSSR count). The third-order valence-corrected chi connectivity index (χ3v) is 4.03. The Labute approximate surface area is 164 Å². The highest BCUT2D eigenvalue weighted by Gasteiger charge is 2.18. The van der Waals surface area contributed by atoms with Crippen LogP contribution in [0.25, 0.3) is 0 Å². The monoisotopic (exact) mass is 438 g/mol. The van der Waals surface area contributed by atoms with Gasteiger partial charge in [-0.2, -0.15) is 0 Å². The summed E-state index contributed by atoms with van der Waals surface area (Å²) in [5.41, 5.74) is 0.904. The van der Waals surface area contributed by atoms with Crippen LogP contribution in [-0.2, 0) is 14.3 Å². The van der Waals surface area contributed by atoms with Crippen molar-refractivity contribution in [3.63, 3.8) is 0 Å². The molecule has 2 aromatic carbocycles. The molecule has 2 N–H and O–H groups in total. The zero-order valence-electron chi connectivity index (χ0n) is 13.8. The Morgan fingerprint density at radius 2 is 1.85 bits per heavy atom. The lowest BCUT2D eigenvalue weighted by molar-refractivity contribution is -0.152. The Kier molecular flexibility index (Phi) is 7.17. The van der Waals surface area contributed by atoms with Gasteiger partial charge in [0.15, 0.2) is 6.10 Å². The second-order valence-electron chi connectivity index (χ2n) is 5.32. The second kappa shape index (κ2) is 9.35. The molecule has 2 aromatic rings. The zero-order chi connectivity index (χ0) is 19.1. The lowest BCUT2D eigenvalue weighted by Crippen LogP contribution is -2.35. The van der Waals surface area contributed by atoms with E-state index >= 15 is 0 Å². The molecule has 0 bridgehead atoms. The molecule has 8 heteroatoms. The average molecular weight is 440 g/mol. The van der Waals surface area contributed by atoms with Gasteiger partial charge in [-0.1, -0.05) is 33.6 Å². The lowest BCUT2D eigenvalue weighted by atomic mass is 10.2. The summed E-state index contributed by atoms with van der Waals surface area (Å²) in [5.74, 6) is -1.63. The summed E-state index contributed by atoms with van der Waals surface area (Å²) >= 11 is 9.12. The van der Waals surface area contributed by atoms with Gasteiger partial charge in [0.25, 0.3) is 11.8 Å². The molecule has 0 saturated heterocycles. The highest BCUT2D eigenvalue weighted by molar-refractivity contribution is 9.10. The smallest absolute Gasteiger partial charge is 0.326 e. The minimum absolute atomic E-state index is 0.344. The normalized spacial score (nSPS) is 11.3. The van der Waals surface area contributed by atoms with Crippen LogP contribution in [0.5, 0.6) is 0 Å². The summed E-state index contributed by atoms with van der Waals surface area (Å²) in [4.78, 5) is 35.8. The Morgan fingerprint density at radius 1 is 1.15 bits per heavy atom. The van der Waals surface area contributed by atoms with Crippen LogP contribution < -0.4 is 10.6 Å². The van der Waals surface area contributed by atoms with E-state index in [9.17, 15) is 14.4 Å². The van der Waals surface area contributed by atoms with E-state index in [1.807, 2.05) is 0 Å². The summed E-state index contributed by atoms with van der Waals surface area (Å²) in [6.45, 7) is 1.10. The van der Waals surface area contributed by atoms with Crippen LogP contribution in [0.15, 0.2) is 53.0 Å². The van der Waals surface area contributed by atoms with E-state index in [4.69, 9.17) is 16.3 Å². The van der Waals surface area contributed by atoms with Crippen LogP contribution in [0, 0.1) is 0 Å². The van der Waals surface area contributed by atoms with E-state index < -0.39 is 23.9 Å². The Morgan fingerprint density at radius 3 is 2.50 bits per heavy atom. The van der Waals surface area contributed by atoms with Gasteiger partial charge < -0.3 is 15.4 Å². The van der Waals surface area contributed by atoms with Gasteiger partial charge in [-0.3, -0.25) is 14.4 Å². The molecule has 136 valence electrons. The van der Waals surface area contributed by atoms with E-state index in [1.165, 1.54) is 6.92 Å². The number of esters is 1. The molecule has 2 amide bonds. The van der Waals surface area contributed by atoms with Crippen molar-refractivity contribution in [2.24, 2.45) is 0 Å². The van der Waals surface area contributed by atoms with E-state index in [-0.39, 0.29) is 6.54 Å². The van der Waals surface area contributed by atoms with Crippen molar-refractivity contribution in [3.8, 4) is 0 Å². The maximum atomic E-state index is 12.0. The van der Waals surface area contributed by atoms with E-state index in [1.54, 1.807) is 48.5 Å². The molecule has 6 nitrogen and oxygen atoms in total. The minimum atomic E-state index is -1.02. The first-order valence-corrected chi connectivity index (χ1v) is 8.82. The highest BCUT2D eigenvalue weighted by atomic mass is 79.9. The Hall–Kier alpha value is -2.38. The third-order valence-electron chi connectivity index (χ3n) is 3.27. The first-order chi connectivity index (χ1) is 12.3. The van der Waals surface area contributed by atoms with Gasteiger partial charge in [-0.25, -0.2) is 0 Å². The molecule has 0 spiro atoms. The number of halogens is 2. The van der Waals surface area contributed by atoms with Gasteiger partial charge in [0.2, 0.25) is 0 Å². The van der Waals surface area contributed by atoms with Crippen molar-refractivity contribution in [2.45, 2.75) is 13.0 Å². The topological polar surface area (TPSA) is 84.5 Å². The van der Waals surface area contributed by atoms with Crippen LogP contribution in [-0.4, -0.2) is 30.4 Å². The zero-order valence-corrected chi connectivity index (χ0v) is 16.1. The Balaban J connectivity index is 1.80. The van der Waals surface area contributed by atoms with Crippen LogP contribution in [0.4, 0.5) is 5.69 Å². The van der Waals surface area contributed by atoms with Gasteiger partial charge in [0, 0.05) is 20.7 Å². The van der Waals surface area contributed by atoms with Crippen molar-refractivity contribution in [2.75, 3.05) is 11.9 Å². The standard InChI is InChI=1S/C18H16BrClN2O4/c1-11(17(24)22-15-4-2-3-14(20)9-15)26-16(23)10-21-18(25)12-5-7-13(19)8-6-12/h2-9,11H,10H2,1H3,(H,21,25)(H,22,24). The summed E-state index contributed by atoms with van der Waals surface area (Å²) < 4.78 is 5.85. The molecule has 0 aromatic heterocycles. The molecule has 0 fully saturated rings. The van der Waals surface area contributed by atoms with Crippen molar-refractivity contribution >= 4 is 51.0 Å². The van der Waals surface area contributed by atoms with Gasteiger partial charge in [0.05, 0.1) is 0 Å². The number of ether oxygens (including phenoxy) is 1. The molecule has 1 atom stereocenters. The fourth-order valence-electron chi connectivity index (χ4n) is 1.96. The van der Waals surface area contributed by atoms with Gasteiger partial charge in [-0.05, 0) is 49.4 Å². The number of carbonyl (C=O) groups is 3. The summed E-state index contributed by atoms with van der Waals surface area (Å²) in [6.07, 6.45) is -1.02. The number of hydrogen-bond acceptors (Lipinski definition) is 4. The van der Waals surface area contributed by atoms with E-state index in [0.717, 1.165) is 4.47 Å². The fourth-order valence-corrected chi connectivity index (χ4v) is 2.41. The number of anilines is 1. The SMILES string of the molecule is CC(OC(=O)CNC(=O)c1ccc(Br)cc1)C(=O)Nc1cccc(Cl)c1. The van der Waals surface area contributed by atoms with Gasteiger partial charge >= 0.3 is 5.97 Å². The van der Waals surface area contributed by atoms with Crippen molar-refractivity contribution in [1.82, 2.24) is 5.32 Å². The lowest BCUT2D eigenvalue weighted by Gasteiger charge is -2.14. The fraction of sp³-hybridized carbons (Fsp3) is 0.167. The van der Waals surface area contributed by atoms with Crippen molar-refractivity contribution in [1.29, 1.82) is 0 Å². The maximum Gasteiger partial charge on any atom is 0.326 e. The number of benzene rings is 2. The summed E-state index contributed by atoms with van der Waals surface area (Å²) in [7, 11) is 0. The number of hydrogen-bond donors (Lipinski definition) is 2. The van der Waals surface area contributed by atoms with Gasteiger partial charge in [-0.15, -0.1) is 0 Å². The molecule has 0 heterocycles. The van der Waals surface area contributed by atoms with Crippen molar-refractivity contribution < 1.29 is 19.1 Å². The van der Waals surface area contributed by atoms with Crippen molar-refractivity contribution in [3.05, 3.63) is 63.6 Å². The first kappa shape index (κ1) is 19.9. The summed E-state index contributed by atoms with van der Waals surface area (Å²) in [5, 5.41) is 5.51. The maximum absolute atomic E-state index is 12.0. The molecule has 26 heavy (non-hydrogen) atoms. The van der Waals surface area contributed by atoms with Crippen LogP contribution >= 0.6 is 27.5 Å². The number of nitrogens with one attached hydrogen (secondary N) is 2. The molecule has 0 saturated carbocycles. The summed E-state index contributed by atoms with van der Waals surface area (Å²) in [6, 6.07) is 13.3. The molecular weight excluding hydrogens is 424 g/mol. The predicted octanol–water partition coefficient (Wildman–Crippen LogP) is 3.40. The molecular formula is C18H16BrClN2O4.